The summed E-state index contributed by atoms with van der Waals surface area (Å²) in [6.07, 6.45) is 0.524. The van der Waals surface area contributed by atoms with Gasteiger partial charge in [-0.3, -0.25) is 0 Å². The summed E-state index contributed by atoms with van der Waals surface area (Å²) in [7, 11) is -3.25. The molecular formula is C12H18ClNO3S. The van der Waals surface area contributed by atoms with Crippen molar-refractivity contribution in [1.29, 1.82) is 0 Å². The predicted octanol–water partition coefficient (Wildman–Crippen LogP) is 1.72. The van der Waals surface area contributed by atoms with Crippen LogP contribution in [0.1, 0.15) is 11.1 Å². The number of sulfone groups is 1. The number of aryl methyl sites for hydroxylation is 2. The van der Waals surface area contributed by atoms with E-state index in [9.17, 15) is 13.5 Å². The quantitative estimate of drug-likeness (QED) is 0.811. The molecule has 1 atom stereocenters. The van der Waals surface area contributed by atoms with Crippen molar-refractivity contribution in [1.82, 2.24) is 0 Å². The summed E-state index contributed by atoms with van der Waals surface area (Å²) in [5.74, 6) is 0.136. The van der Waals surface area contributed by atoms with E-state index in [0.29, 0.717) is 10.6 Å². The fourth-order valence-corrected chi connectivity index (χ4v) is 2.79. The molecular weight excluding hydrogens is 274 g/mol. The topological polar surface area (TPSA) is 66.4 Å². The lowest BCUT2D eigenvalue weighted by atomic mass is 10.1. The number of aliphatic hydroxyl groups is 1. The number of anilines is 1. The normalized spacial score (nSPS) is 13.4. The number of alkyl halides is 1. The van der Waals surface area contributed by atoms with Crippen LogP contribution < -0.4 is 5.32 Å². The summed E-state index contributed by atoms with van der Waals surface area (Å²) in [5.41, 5.74) is 2.35. The van der Waals surface area contributed by atoms with Gasteiger partial charge < -0.3 is 10.4 Å². The number of hydrogen-bond donors (Lipinski definition) is 2. The Morgan fingerprint density at radius 2 is 1.94 bits per heavy atom. The fraction of sp³-hybridized carbons (Fsp3) is 0.500. The molecule has 1 unspecified atom stereocenters. The van der Waals surface area contributed by atoms with E-state index >= 15 is 0 Å². The SMILES string of the molecule is Cc1cc(C)c(S(C)(=O)=O)cc1NCC(O)CCl. The molecule has 102 valence electrons. The van der Waals surface area contributed by atoms with Crippen LogP contribution in [0, 0.1) is 13.8 Å². The van der Waals surface area contributed by atoms with E-state index in [0.717, 1.165) is 11.1 Å². The maximum atomic E-state index is 11.6. The molecule has 0 amide bonds. The summed E-state index contributed by atoms with van der Waals surface area (Å²) < 4.78 is 23.2. The highest BCUT2D eigenvalue weighted by Gasteiger charge is 2.13. The van der Waals surface area contributed by atoms with Gasteiger partial charge in [0, 0.05) is 18.5 Å². The maximum absolute atomic E-state index is 11.6. The molecule has 2 N–H and O–H groups in total. The molecule has 1 rings (SSSR count). The Morgan fingerprint density at radius 1 is 1.33 bits per heavy atom. The van der Waals surface area contributed by atoms with Crippen LogP contribution in [0.5, 0.6) is 0 Å². The summed E-state index contributed by atoms with van der Waals surface area (Å²) in [4.78, 5) is 0.302. The minimum absolute atomic E-state index is 0.136. The van der Waals surface area contributed by atoms with Crippen LogP contribution in [0.25, 0.3) is 0 Å². The highest BCUT2D eigenvalue weighted by atomic mass is 35.5. The first-order chi connectivity index (χ1) is 8.25. The molecule has 0 heterocycles. The van der Waals surface area contributed by atoms with Crippen molar-refractivity contribution in [3.63, 3.8) is 0 Å². The average Bonchev–Trinajstić information content (AvgIpc) is 2.25. The minimum Gasteiger partial charge on any atom is -0.390 e. The Labute approximate surface area is 113 Å². The molecule has 4 nitrogen and oxygen atoms in total. The Bertz CT molecular complexity index is 528. The molecule has 18 heavy (non-hydrogen) atoms. The first-order valence-electron chi connectivity index (χ1n) is 5.55. The van der Waals surface area contributed by atoms with E-state index in [-0.39, 0.29) is 12.4 Å². The number of nitrogens with one attached hydrogen (secondary N) is 1. The standard InChI is InChI=1S/C12H18ClNO3S/c1-8-4-9(2)12(18(3,16)17)5-11(8)14-7-10(15)6-13/h4-5,10,14-15H,6-7H2,1-3H3. The Hall–Kier alpha value is -0.780. The van der Waals surface area contributed by atoms with Gasteiger partial charge in [0.1, 0.15) is 0 Å². The molecule has 0 saturated carbocycles. The lowest BCUT2D eigenvalue weighted by Crippen LogP contribution is -2.21. The molecule has 0 aromatic heterocycles. The molecule has 0 aliphatic carbocycles. The van der Waals surface area contributed by atoms with Gasteiger partial charge in [-0.15, -0.1) is 11.6 Å². The third-order valence-corrected chi connectivity index (χ3v) is 4.22. The van der Waals surface area contributed by atoms with Crippen molar-refractivity contribution in [3.8, 4) is 0 Å². The van der Waals surface area contributed by atoms with Gasteiger partial charge in [-0.05, 0) is 31.0 Å². The van der Waals surface area contributed by atoms with Crippen LogP contribution in [-0.4, -0.2) is 38.3 Å². The molecule has 0 spiro atoms. The zero-order valence-corrected chi connectivity index (χ0v) is 12.3. The minimum atomic E-state index is -3.25. The Kier molecular flexibility index (Phi) is 5.01. The van der Waals surface area contributed by atoms with Crippen molar-refractivity contribution in [2.75, 3.05) is 24.0 Å². The first kappa shape index (κ1) is 15.3. The van der Waals surface area contributed by atoms with Gasteiger partial charge in [-0.25, -0.2) is 8.42 Å². The Morgan fingerprint density at radius 3 is 2.44 bits per heavy atom. The first-order valence-corrected chi connectivity index (χ1v) is 7.97. The van der Waals surface area contributed by atoms with Crippen molar-refractivity contribution >= 4 is 27.1 Å². The molecule has 0 fully saturated rings. The van der Waals surface area contributed by atoms with Gasteiger partial charge in [-0.1, -0.05) is 6.07 Å². The van der Waals surface area contributed by atoms with Crippen LogP contribution in [0.4, 0.5) is 5.69 Å². The molecule has 0 bridgehead atoms. The van der Waals surface area contributed by atoms with E-state index in [1.54, 1.807) is 13.0 Å². The summed E-state index contributed by atoms with van der Waals surface area (Å²) in [6, 6.07) is 3.41. The van der Waals surface area contributed by atoms with Gasteiger partial charge in [0.15, 0.2) is 9.84 Å². The lowest BCUT2D eigenvalue weighted by Gasteiger charge is -2.15. The molecule has 6 heteroatoms. The van der Waals surface area contributed by atoms with Crippen LogP contribution >= 0.6 is 11.6 Å². The summed E-state index contributed by atoms with van der Waals surface area (Å²) in [5, 5.41) is 12.4. The van der Waals surface area contributed by atoms with Crippen LogP contribution in [-0.2, 0) is 9.84 Å². The zero-order valence-electron chi connectivity index (χ0n) is 10.7. The number of benzene rings is 1. The third-order valence-electron chi connectivity index (χ3n) is 2.63. The second kappa shape index (κ2) is 5.91. The van der Waals surface area contributed by atoms with Gasteiger partial charge in [0.2, 0.25) is 0 Å². The highest BCUT2D eigenvalue weighted by Crippen LogP contribution is 2.24. The number of hydrogen-bond acceptors (Lipinski definition) is 4. The van der Waals surface area contributed by atoms with Gasteiger partial charge >= 0.3 is 0 Å². The molecule has 0 radical (unpaired) electrons. The van der Waals surface area contributed by atoms with E-state index in [4.69, 9.17) is 11.6 Å². The van der Waals surface area contributed by atoms with Crippen LogP contribution in [0.15, 0.2) is 17.0 Å². The van der Waals surface area contributed by atoms with E-state index in [1.165, 1.54) is 6.26 Å². The van der Waals surface area contributed by atoms with Crippen LogP contribution in [0.3, 0.4) is 0 Å². The lowest BCUT2D eigenvalue weighted by molar-refractivity contribution is 0.211. The van der Waals surface area contributed by atoms with E-state index in [2.05, 4.69) is 5.32 Å². The third kappa shape index (κ3) is 3.86. The number of aliphatic hydroxyl groups excluding tert-OH is 1. The smallest absolute Gasteiger partial charge is 0.175 e. The second-order valence-electron chi connectivity index (χ2n) is 4.39. The van der Waals surface area contributed by atoms with Gasteiger partial charge in [0.25, 0.3) is 0 Å². The number of rotatable bonds is 5. The number of halogens is 1. The maximum Gasteiger partial charge on any atom is 0.175 e. The average molecular weight is 292 g/mol. The largest absolute Gasteiger partial charge is 0.390 e. The highest BCUT2D eigenvalue weighted by molar-refractivity contribution is 7.90. The molecule has 0 saturated heterocycles. The van der Waals surface area contributed by atoms with Crippen molar-refractivity contribution in [3.05, 3.63) is 23.3 Å². The monoisotopic (exact) mass is 291 g/mol. The molecule has 1 aromatic carbocycles. The molecule has 0 aliphatic heterocycles. The van der Waals surface area contributed by atoms with Gasteiger partial charge in [-0.2, -0.15) is 0 Å². The predicted molar refractivity (Wildman–Crippen MR) is 74.2 cm³/mol. The Balaban J connectivity index is 3.06. The summed E-state index contributed by atoms with van der Waals surface area (Å²) >= 11 is 5.50. The van der Waals surface area contributed by atoms with Crippen LogP contribution in [0.2, 0.25) is 0 Å². The fourth-order valence-electron chi connectivity index (χ4n) is 1.70. The second-order valence-corrected chi connectivity index (χ2v) is 6.69. The summed E-state index contributed by atoms with van der Waals surface area (Å²) in [6.45, 7) is 3.94. The zero-order chi connectivity index (χ0) is 13.9. The van der Waals surface area contributed by atoms with Crippen molar-refractivity contribution < 1.29 is 13.5 Å². The van der Waals surface area contributed by atoms with Crippen molar-refractivity contribution in [2.45, 2.75) is 24.8 Å². The van der Waals surface area contributed by atoms with Gasteiger partial charge in [0.05, 0.1) is 16.9 Å². The molecule has 0 aliphatic rings. The van der Waals surface area contributed by atoms with E-state index in [1.807, 2.05) is 13.0 Å². The van der Waals surface area contributed by atoms with E-state index < -0.39 is 15.9 Å². The van der Waals surface area contributed by atoms with Crippen molar-refractivity contribution in [2.24, 2.45) is 0 Å². The molecule has 1 aromatic rings.